The highest BCUT2D eigenvalue weighted by molar-refractivity contribution is 7.88. The Hall–Kier alpha value is -0.600. The first kappa shape index (κ1) is 11.5. The largest absolute Gasteiger partial charge is 0.213 e. The Morgan fingerprint density at radius 3 is 2.71 bits per heavy atom. The number of piperidine rings is 1. The van der Waals surface area contributed by atoms with Gasteiger partial charge in [0.15, 0.2) is 0 Å². The zero-order valence-corrected chi connectivity index (χ0v) is 9.42. The quantitative estimate of drug-likeness (QED) is 0.686. The van der Waals surface area contributed by atoms with Gasteiger partial charge in [-0.1, -0.05) is 0 Å². The molecule has 0 spiro atoms. The van der Waals surface area contributed by atoms with E-state index in [4.69, 9.17) is 5.26 Å². The summed E-state index contributed by atoms with van der Waals surface area (Å²) in [4.78, 5) is 0. The van der Waals surface area contributed by atoms with Crippen molar-refractivity contribution in [2.45, 2.75) is 19.8 Å². The zero-order valence-electron chi connectivity index (χ0n) is 8.60. The van der Waals surface area contributed by atoms with Crippen LogP contribution in [0.5, 0.6) is 0 Å². The van der Waals surface area contributed by atoms with Crippen LogP contribution in [0.1, 0.15) is 19.8 Å². The number of nitriles is 1. The third-order valence-corrected chi connectivity index (χ3v) is 4.07. The van der Waals surface area contributed by atoms with E-state index in [-0.39, 0.29) is 11.8 Å². The summed E-state index contributed by atoms with van der Waals surface area (Å²) in [5.41, 5.74) is 0. The predicted molar refractivity (Wildman–Crippen MR) is 53.9 cm³/mol. The Balaban J connectivity index is 2.67. The van der Waals surface area contributed by atoms with Gasteiger partial charge in [-0.25, -0.2) is 12.7 Å². The van der Waals surface area contributed by atoms with Crippen LogP contribution in [0.4, 0.5) is 0 Å². The zero-order chi connectivity index (χ0) is 10.8. The van der Waals surface area contributed by atoms with Gasteiger partial charge in [0.1, 0.15) is 0 Å². The van der Waals surface area contributed by atoms with Crippen LogP contribution in [0, 0.1) is 23.2 Å². The van der Waals surface area contributed by atoms with E-state index in [0.717, 1.165) is 12.8 Å². The normalized spacial score (nSPS) is 26.8. The highest BCUT2D eigenvalue weighted by Crippen LogP contribution is 2.24. The third-order valence-electron chi connectivity index (χ3n) is 2.80. The summed E-state index contributed by atoms with van der Waals surface area (Å²) in [5, 5.41) is 8.76. The molecule has 1 saturated heterocycles. The van der Waals surface area contributed by atoms with E-state index in [9.17, 15) is 8.42 Å². The van der Waals surface area contributed by atoms with E-state index in [2.05, 4.69) is 6.07 Å². The van der Waals surface area contributed by atoms with E-state index in [0.29, 0.717) is 13.1 Å². The minimum absolute atomic E-state index is 0.0560. The van der Waals surface area contributed by atoms with Gasteiger partial charge in [-0.05, 0) is 25.7 Å². The molecule has 1 fully saturated rings. The summed E-state index contributed by atoms with van der Waals surface area (Å²) in [6, 6.07) is 2.19. The van der Waals surface area contributed by atoms with Gasteiger partial charge in [-0.2, -0.15) is 5.26 Å². The topological polar surface area (TPSA) is 61.2 Å². The Morgan fingerprint density at radius 2 is 2.21 bits per heavy atom. The molecule has 0 amide bonds. The van der Waals surface area contributed by atoms with Crippen molar-refractivity contribution in [3.8, 4) is 6.07 Å². The number of nitrogens with zero attached hydrogens (tertiary/aromatic N) is 2. The van der Waals surface area contributed by atoms with E-state index in [1.54, 1.807) is 0 Å². The van der Waals surface area contributed by atoms with Crippen molar-refractivity contribution in [3.05, 3.63) is 0 Å². The Morgan fingerprint density at radius 1 is 1.57 bits per heavy atom. The van der Waals surface area contributed by atoms with Crippen LogP contribution in [0.3, 0.4) is 0 Å². The molecule has 80 valence electrons. The average molecular weight is 216 g/mol. The minimum Gasteiger partial charge on any atom is -0.213 e. The van der Waals surface area contributed by atoms with Gasteiger partial charge in [-0.15, -0.1) is 0 Å². The standard InChI is InChI=1S/C9H16N2O2S/c1-8(6-10)9-4-3-5-11(7-9)14(2,12)13/h8-9H,3-5,7H2,1-2H3. The highest BCUT2D eigenvalue weighted by atomic mass is 32.2. The second kappa shape index (κ2) is 4.28. The molecule has 0 radical (unpaired) electrons. The molecule has 2 atom stereocenters. The van der Waals surface area contributed by atoms with Crippen molar-refractivity contribution in [2.24, 2.45) is 11.8 Å². The fourth-order valence-corrected chi connectivity index (χ4v) is 2.71. The lowest BCUT2D eigenvalue weighted by Crippen LogP contribution is -2.40. The monoisotopic (exact) mass is 216 g/mol. The van der Waals surface area contributed by atoms with Crippen LogP contribution in [-0.2, 0) is 10.0 Å². The minimum atomic E-state index is -3.08. The molecule has 0 aromatic rings. The number of hydrogen-bond acceptors (Lipinski definition) is 3. The van der Waals surface area contributed by atoms with Crippen LogP contribution >= 0.6 is 0 Å². The number of rotatable bonds is 2. The van der Waals surface area contributed by atoms with E-state index in [1.807, 2.05) is 6.92 Å². The Labute approximate surface area is 85.6 Å². The van der Waals surface area contributed by atoms with E-state index >= 15 is 0 Å². The van der Waals surface area contributed by atoms with Crippen molar-refractivity contribution in [1.82, 2.24) is 4.31 Å². The Bertz CT molecular complexity index is 331. The highest BCUT2D eigenvalue weighted by Gasteiger charge is 2.28. The summed E-state index contributed by atoms with van der Waals surface area (Å²) in [5.74, 6) is 0.142. The van der Waals surface area contributed by atoms with Crippen LogP contribution in [0.2, 0.25) is 0 Å². The molecule has 0 aliphatic carbocycles. The molecule has 1 heterocycles. The van der Waals surface area contributed by atoms with Crippen LogP contribution in [0.15, 0.2) is 0 Å². The molecule has 1 aliphatic rings. The SMILES string of the molecule is CC(C#N)C1CCCN(S(C)(=O)=O)C1. The average Bonchev–Trinajstić information content (AvgIpc) is 2.15. The summed E-state index contributed by atoms with van der Waals surface area (Å²) < 4.78 is 24.1. The van der Waals surface area contributed by atoms with Crippen LogP contribution < -0.4 is 0 Å². The summed E-state index contributed by atoms with van der Waals surface area (Å²) in [7, 11) is -3.08. The van der Waals surface area contributed by atoms with Crippen molar-refractivity contribution in [1.29, 1.82) is 5.26 Å². The summed E-state index contributed by atoms with van der Waals surface area (Å²) in [6.07, 6.45) is 3.05. The maximum absolute atomic E-state index is 11.3. The van der Waals surface area contributed by atoms with Gasteiger partial charge in [0.25, 0.3) is 0 Å². The molecule has 2 unspecified atom stereocenters. The molecule has 0 aromatic carbocycles. The summed E-state index contributed by atoms with van der Waals surface area (Å²) >= 11 is 0. The first-order valence-electron chi connectivity index (χ1n) is 4.80. The first-order chi connectivity index (χ1) is 6.45. The molecule has 1 rings (SSSR count). The molecular formula is C9H16N2O2S. The maximum atomic E-state index is 11.3. The van der Waals surface area contributed by atoms with E-state index < -0.39 is 10.0 Å². The van der Waals surface area contributed by atoms with Gasteiger partial charge < -0.3 is 0 Å². The van der Waals surface area contributed by atoms with Crippen molar-refractivity contribution in [3.63, 3.8) is 0 Å². The van der Waals surface area contributed by atoms with Gasteiger partial charge in [0.2, 0.25) is 10.0 Å². The molecule has 1 aliphatic heterocycles. The fourth-order valence-electron chi connectivity index (χ4n) is 1.79. The molecule has 5 heteroatoms. The van der Waals surface area contributed by atoms with Gasteiger partial charge >= 0.3 is 0 Å². The van der Waals surface area contributed by atoms with Crippen LogP contribution in [0.25, 0.3) is 0 Å². The lowest BCUT2D eigenvalue weighted by molar-refractivity contribution is 0.235. The second-order valence-electron chi connectivity index (χ2n) is 3.94. The molecule has 14 heavy (non-hydrogen) atoms. The van der Waals surface area contributed by atoms with Crippen LogP contribution in [-0.4, -0.2) is 32.1 Å². The predicted octanol–water partition coefficient (Wildman–Crippen LogP) is 0.818. The summed E-state index contributed by atoms with van der Waals surface area (Å²) in [6.45, 7) is 2.97. The van der Waals surface area contributed by atoms with Gasteiger partial charge in [0.05, 0.1) is 12.3 Å². The lowest BCUT2D eigenvalue weighted by Gasteiger charge is -2.31. The first-order valence-corrected chi connectivity index (χ1v) is 6.64. The van der Waals surface area contributed by atoms with Crippen molar-refractivity contribution >= 4 is 10.0 Å². The van der Waals surface area contributed by atoms with Crippen molar-refractivity contribution in [2.75, 3.05) is 19.3 Å². The number of hydrogen-bond donors (Lipinski definition) is 0. The van der Waals surface area contributed by atoms with E-state index in [1.165, 1.54) is 10.6 Å². The maximum Gasteiger partial charge on any atom is 0.211 e. The van der Waals surface area contributed by atoms with Crippen molar-refractivity contribution < 1.29 is 8.42 Å². The molecule has 4 nitrogen and oxygen atoms in total. The fraction of sp³-hybridized carbons (Fsp3) is 0.889. The molecule has 0 N–H and O–H groups in total. The lowest BCUT2D eigenvalue weighted by atomic mass is 9.88. The third kappa shape index (κ3) is 2.69. The number of sulfonamides is 1. The Kier molecular flexibility index (Phi) is 3.51. The van der Waals surface area contributed by atoms with Gasteiger partial charge in [0, 0.05) is 19.0 Å². The van der Waals surface area contributed by atoms with Gasteiger partial charge in [-0.3, -0.25) is 0 Å². The smallest absolute Gasteiger partial charge is 0.211 e. The molecular weight excluding hydrogens is 200 g/mol. The molecule has 0 saturated carbocycles. The molecule has 0 bridgehead atoms. The second-order valence-corrected chi connectivity index (χ2v) is 5.92. The molecule has 0 aromatic heterocycles.